The van der Waals surface area contributed by atoms with Gasteiger partial charge in [-0.25, -0.2) is 0 Å². The fraction of sp³-hybridized carbons (Fsp3) is 0.385. The molecule has 0 spiro atoms. The predicted molar refractivity (Wildman–Crippen MR) is 65.2 cm³/mol. The maximum Gasteiger partial charge on any atom is 0.319 e. The molecule has 1 aromatic heterocycles. The van der Waals surface area contributed by atoms with Crippen molar-refractivity contribution in [2.24, 2.45) is 0 Å². The molecule has 17 heavy (non-hydrogen) atoms. The van der Waals surface area contributed by atoms with Crippen LogP contribution in [0.2, 0.25) is 0 Å². The Morgan fingerprint density at radius 1 is 1.24 bits per heavy atom. The summed E-state index contributed by atoms with van der Waals surface area (Å²) >= 11 is 0. The lowest BCUT2D eigenvalue weighted by Crippen LogP contribution is -2.22. The molecular weight excluding hydrogens is 222 g/mol. The first-order chi connectivity index (χ1) is 8.09. The maximum absolute atomic E-state index is 12.9. The van der Waals surface area contributed by atoms with Gasteiger partial charge >= 0.3 is 6.55 Å². The number of hydrogen-bond acceptors (Lipinski definition) is 1. The molecule has 0 aliphatic rings. The Kier molecular flexibility index (Phi) is 3.43. The van der Waals surface area contributed by atoms with E-state index in [1.54, 1.807) is 6.07 Å². The zero-order valence-electron chi connectivity index (χ0n) is 9.95. The first-order valence-corrected chi connectivity index (χ1v) is 5.69. The molecule has 0 amide bonds. The number of para-hydroxylation sites is 1. The summed E-state index contributed by atoms with van der Waals surface area (Å²) in [5.41, 5.74) is 1.53. The Hall–Kier alpha value is -1.42. The van der Waals surface area contributed by atoms with Crippen LogP contribution in [0.1, 0.15) is 26.0 Å². The lowest BCUT2D eigenvalue weighted by atomic mass is 10.1. The van der Waals surface area contributed by atoms with Crippen molar-refractivity contribution in [3.8, 4) is 0 Å². The molecule has 0 unspecified atom stereocenters. The fourth-order valence-electron chi connectivity index (χ4n) is 1.92. The van der Waals surface area contributed by atoms with Crippen LogP contribution >= 0.6 is 0 Å². The van der Waals surface area contributed by atoms with Crippen LogP contribution in [0.5, 0.6) is 0 Å². The highest BCUT2D eigenvalue weighted by Crippen LogP contribution is 2.25. The number of alkyl halides is 2. The van der Waals surface area contributed by atoms with Gasteiger partial charge in [0.05, 0.1) is 5.52 Å². The smallest absolute Gasteiger partial charge is 0.310 e. The summed E-state index contributed by atoms with van der Waals surface area (Å²) < 4.78 is 26.7. The van der Waals surface area contributed by atoms with E-state index in [2.05, 4.69) is 5.32 Å². The summed E-state index contributed by atoms with van der Waals surface area (Å²) in [6, 6.07) is 7.69. The van der Waals surface area contributed by atoms with Crippen molar-refractivity contribution in [1.82, 2.24) is 9.88 Å². The second kappa shape index (κ2) is 4.84. The van der Waals surface area contributed by atoms with Crippen LogP contribution in [0.15, 0.2) is 30.5 Å². The van der Waals surface area contributed by atoms with Crippen molar-refractivity contribution in [3.63, 3.8) is 0 Å². The Morgan fingerprint density at radius 2 is 2.00 bits per heavy atom. The number of nitrogens with zero attached hydrogens (tertiary/aromatic N) is 1. The minimum atomic E-state index is -2.49. The van der Waals surface area contributed by atoms with E-state index in [-0.39, 0.29) is 0 Å². The van der Waals surface area contributed by atoms with E-state index in [0.717, 1.165) is 15.5 Å². The first-order valence-electron chi connectivity index (χ1n) is 5.69. The SMILES string of the molecule is CC(C)NCc1cccc2ccn(C(F)F)c12. The lowest BCUT2D eigenvalue weighted by Gasteiger charge is -2.11. The van der Waals surface area contributed by atoms with Crippen LogP contribution in [0.4, 0.5) is 8.78 Å². The number of nitrogens with one attached hydrogen (secondary N) is 1. The minimum absolute atomic E-state index is 0.334. The molecule has 2 rings (SSSR count). The number of rotatable bonds is 4. The van der Waals surface area contributed by atoms with Gasteiger partial charge in [0.1, 0.15) is 0 Å². The van der Waals surface area contributed by atoms with Crippen molar-refractivity contribution < 1.29 is 8.78 Å². The van der Waals surface area contributed by atoms with E-state index >= 15 is 0 Å². The molecule has 0 aliphatic heterocycles. The van der Waals surface area contributed by atoms with Crippen LogP contribution < -0.4 is 5.32 Å². The molecule has 2 aromatic rings. The zero-order chi connectivity index (χ0) is 12.4. The molecule has 0 saturated carbocycles. The minimum Gasteiger partial charge on any atom is -0.310 e. The van der Waals surface area contributed by atoms with Gasteiger partial charge in [0.25, 0.3) is 0 Å². The third kappa shape index (κ3) is 2.47. The van der Waals surface area contributed by atoms with E-state index in [1.807, 2.05) is 32.0 Å². The summed E-state index contributed by atoms with van der Waals surface area (Å²) in [4.78, 5) is 0. The Balaban J connectivity index is 2.43. The van der Waals surface area contributed by atoms with Crippen LogP contribution in [0.3, 0.4) is 0 Å². The third-order valence-electron chi connectivity index (χ3n) is 2.73. The molecule has 1 heterocycles. The molecule has 0 fully saturated rings. The van der Waals surface area contributed by atoms with Gasteiger partial charge in [0.15, 0.2) is 0 Å². The zero-order valence-corrected chi connectivity index (χ0v) is 9.95. The average Bonchev–Trinajstić information content (AvgIpc) is 2.70. The average molecular weight is 238 g/mol. The fourth-order valence-corrected chi connectivity index (χ4v) is 1.92. The van der Waals surface area contributed by atoms with Crippen molar-refractivity contribution in [2.75, 3.05) is 0 Å². The van der Waals surface area contributed by atoms with Gasteiger partial charge in [-0.05, 0) is 11.6 Å². The summed E-state index contributed by atoms with van der Waals surface area (Å²) in [7, 11) is 0. The number of aromatic nitrogens is 1. The molecule has 1 N–H and O–H groups in total. The number of halogens is 2. The monoisotopic (exact) mass is 238 g/mol. The molecule has 2 nitrogen and oxygen atoms in total. The van der Waals surface area contributed by atoms with Gasteiger partial charge in [-0.1, -0.05) is 32.0 Å². The van der Waals surface area contributed by atoms with Gasteiger partial charge in [0.2, 0.25) is 0 Å². The van der Waals surface area contributed by atoms with E-state index in [9.17, 15) is 8.78 Å². The molecule has 0 saturated heterocycles. The van der Waals surface area contributed by atoms with Crippen molar-refractivity contribution >= 4 is 10.9 Å². The molecule has 0 aliphatic carbocycles. The number of fused-ring (bicyclic) bond motifs is 1. The molecule has 1 aromatic carbocycles. The van der Waals surface area contributed by atoms with Crippen LogP contribution in [0, 0.1) is 0 Å². The summed E-state index contributed by atoms with van der Waals surface area (Å²) in [6.45, 7) is 2.18. The maximum atomic E-state index is 12.9. The van der Waals surface area contributed by atoms with E-state index < -0.39 is 6.55 Å². The molecule has 0 bridgehead atoms. The standard InChI is InChI=1S/C13H16F2N2/c1-9(2)16-8-11-5-3-4-10-6-7-17(12(10)11)13(14)15/h3-7,9,13,16H,8H2,1-2H3. The molecule has 4 heteroatoms. The highest BCUT2D eigenvalue weighted by Gasteiger charge is 2.12. The Bertz CT molecular complexity index is 503. The van der Waals surface area contributed by atoms with Gasteiger partial charge < -0.3 is 5.32 Å². The third-order valence-corrected chi connectivity index (χ3v) is 2.73. The molecule has 0 radical (unpaired) electrons. The highest BCUT2D eigenvalue weighted by molar-refractivity contribution is 5.83. The Morgan fingerprint density at radius 3 is 2.65 bits per heavy atom. The predicted octanol–water partition coefficient (Wildman–Crippen LogP) is 3.53. The van der Waals surface area contributed by atoms with Gasteiger partial charge in [-0.3, -0.25) is 4.57 Å². The summed E-state index contributed by atoms with van der Waals surface area (Å²) in [5.74, 6) is 0. The van der Waals surface area contributed by atoms with E-state index in [1.165, 1.54) is 6.20 Å². The van der Waals surface area contributed by atoms with Crippen molar-refractivity contribution in [3.05, 3.63) is 36.0 Å². The number of hydrogen-bond donors (Lipinski definition) is 1. The lowest BCUT2D eigenvalue weighted by molar-refractivity contribution is 0.0751. The second-order valence-electron chi connectivity index (χ2n) is 4.39. The highest BCUT2D eigenvalue weighted by atomic mass is 19.3. The van der Waals surface area contributed by atoms with Crippen molar-refractivity contribution in [1.29, 1.82) is 0 Å². The molecular formula is C13H16F2N2. The van der Waals surface area contributed by atoms with Gasteiger partial charge in [-0.15, -0.1) is 0 Å². The Labute approximate surface area is 99.2 Å². The van der Waals surface area contributed by atoms with Gasteiger partial charge in [-0.2, -0.15) is 8.78 Å². The van der Waals surface area contributed by atoms with Crippen molar-refractivity contribution in [2.45, 2.75) is 33.0 Å². The normalized spacial score (nSPS) is 11.9. The van der Waals surface area contributed by atoms with Crippen LogP contribution in [-0.2, 0) is 6.54 Å². The molecule has 92 valence electrons. The van der Waals surface area contributed by atoms with Gasteiger partial charge in [0, 0.05) is 24.2 Å². The largest absolute Gasteiger partial charge is 0.319 e. The van der Waals surface area contributed by atoms with Crippen LogP contribution in [-0.4, -0.2) is 10.6 Å². The second-order valence-corrected chi connectivity index (χ2v) is 4.39. The number of benzene rings is 1. The van der Waals surface area contributed by atoms with E-state index in [4.69, 9.17) is 0 Å². The summed E-state index contributed by atoms with van der Waals surface area (Å²) in [5, 5.41) is 4.11. The van der Waals surface area contributed by atoms with E-state index in [0.29, 0.717) is 18.1 Å². The quantitative estimate of drug-likeness (QED) is 0.862. The molecule has 0 atom stereocenters. The first kappa shape index (κ1) is 12.0. The topological polar surface area (TPSA) is 17.0 Å². The van der Waals surface area contributed by atoms with Crippen LogP contribution in [0.25, 0.3) is 10.9 Å². The summed E-state index contributed by atoms with van der Waals surface area (Å²) in [6.07, 6.45) is 1.44.